The Bertz CT molecular complexity index is 856. The van der Waals surface area contributed by atoms with Gasteiger partial charge < -0.3 is 24.4 Å². The zero-order chi connectivity index (χ0) is 20.6. The van der Waals surface area contributed by atoms with Gasteiger partial charge in [-0.3, -0.25) is 0 Å². The van der Waals surface area contributed by atoms with E-state index in [0.29, 0.717) is 5.92 Å². The van der Waals surface area contributed by atoms with Gasteiger partial charge >= 0.3 is 6.09 Å². The zero-order valence-electron chi connectivity index (χ0n) is 18.1. The van der Waals surface area contributed by atoms with E-state index in [0.717, 1.165) is 57.8 Å². The first-order chi connectivity index (χ1) is 13.8. The van der Waals surface area contributed by atoms with E-state index in [2.05, 4.69) is 39.1 Å². The first-order valence-electron chi connectivity index (χ1n) is 10.7. The molecule has 4 rings (SSSR count). The van der Waals surface area contributed by atoms with Crippen LogP contribution in [-0.2, 0) is 4.74 Å². The SMILES string of the molecule is CN1CCN(c2cnc3[nH]cc(C4CCN(C(=O)OC(C)(C)C)CC4)c3c2)CC1. The lowest BCUT2D eigenvalue weighted by Crippen LogP contribution is -2.44. The van der Waals surface area contributed by atoms with E-state index >= 15 is 0 Å². The lowest BCUT2D eigenvalue weighted by atomic mass is 9.89. The van der Waals surface area contributed by atoms with Gasteiger partial charge in [0, 0.05) is 50.9 Å². The van der Waals surface area contributed by atoms with Crippen LogP contribution in [-0.4, -0.2) is 77.8 Å². The lowest BCUT2D eigenvalue weighted by molar-refractivity contribution is 0.0205. The predicted molar refractivity (Wildman–Crippen MR) is 116 cm³/mol. The molecule has 2 aromatic rings. The average molecular weight is 400 g/mol. The van der Waals surface area contributed by atoms with Crippen LogP contribution >= 0.6 is 0 Å². The summed E-state index contributed by atoms with van der Waals surface area (Å²) < 4.78 is 5.53. The molecule has 7 heteroatoms. The number of piperazine rings is 1. The highest BCUT2D eigenvalue weighted by molar-refractivity contribution is 5.83. The van der Waals surface area contributed by atoms with Crippen molar-refractivity contribution in [3.05, 3.63) is 24.0 Å². The molecule has 2 aliphatic heterocycles. The van der Waals surface area contributed by atoms with Gasteiger partial charge in [-0.05, 0) is 58.2 Å². The standard InChI is InChI=1S/C22H33N5O2/c1-22(2,3)29-21(28)27-7-5-16(6-8-27)19-15-24-20-18(19)13-17(14-23-20)26-11-9-25(4)10-12-26/h13-16H,5-12H2,1-4H3,(H,23,24). The number of anilines is 1. The van der Waals surface area contributed by atoms with E-state index in [1.807, 2.05) is 31.9 Å². The minimum absolute atomic E-state index is 0.200. The summed E-state index contributed by atoms with van der Waals surface area (Å²) in [5, 5.41) is 1.22. The van der Waals surface area contributed by atoms with Crippen molar-refractivity contribution < 1.29 is 9.53 Å². The number of likely N-dealkylation sites (N-methyl/N-ethyl adjacent to an activating group) is 1. The van der Waals surface area contributed by atoms with Crippen LogP contribution in [0.2, 0.25) is 0 Å². The van der Waals surface area contributed by atoms with Crippen LogP contribution in [0.3, 0.4) is 0 Å². The number of piperidine rings is 1. The van der Waals surface area contributed by atoms with Crippen molar-refractivity contribution in [3.63, 3.8) is 0 Å². The highest BCUT2D eigenvalue weighted by Crippen LogP contribution is 2.34. The van der Waals surface area contributed by atoms with Crippen LogP contribution in [0.15, 0.2) is 18.5 Å². The molecule has 2 aromatic heterocycles. The number of carbonyl (C=O) groups is 1. The van der Waals surface area contributed by atoms with Crippen molar-refractivity contribution in [2.24, 2.45) is 0 Å². The third-order valence-electron chi connectivity index (χ3n) is 6.00. The summed E-state index contributed by atoms with van der Waals surface area (Å²) in [6.07, 6.45) is 5.79. The van der Waals surface area contributed by atoms with Gasteiger partial charge in [-0.2, -0.15) is 0 Å². The Morgan fingerprint density at radius 1 is 1.14 bits per heavy atom. The molecular weight excluding hydrogens is 366 g/mol. The number of nitrogens with zero attached hydrogens (tertiary/aromatic N) is 4. The van der Waals surface area contributed by atoms with Crippen LogP contribution in [0.25, 0.3) is 11.0 Å². The van der Waals surface area contributed by atoms with Crippen molar-refractivity contribution in [1.29, 1.82) is 0 Å². The molecule has 7 nitrogen and oxygen atoms in total. The maximum Gasteiger partial charge on any atom is 0.410 e. The van der Waals surface area contributed by atoms with E-state index in [-0.39, 0.29) is 6.09 Å². The zero-order valence-corrected chi connectivity index (χ0v) is 18.1. The number of amides is 1. The molecule has 0 saturated carbocycles. The van der Waals surface area contributed by atoms with E-state index in [1.54, 1.807) is 0 Å². The predicted octanol–water partition coefficient (Wildman–Crippen LogP) is 3.43. The summed E-state index contributed by atoms with van der Waals surface area (Å²) in [6, 6.07) is 2.29. The Labute approximate surface area is 173 Å². The third kappa shape index (κ3) is 4.50. The molecule has 2 fully saturated rings. The van der Waals surface area contributed by atoms with Crippen molar-refractivity contribution in [2.75, 3.05) is 51.2 Å². The van der Waals surface area contributed by atoms with Crippen LogP contribution < -0.4 is 4.90 Å². The monoisotopic (exact) mass is 399 g/mol. The molecule has 0 radical (unpaired) electrons. The number of likely N-dealkylation sites (tertiary alicyclic amines) is 1. The fraction of sp³-hybridized carbons (Fsp3) is 0.636. The summed E-state index contributed by atoms with van der Waals surface area (Å²) in [7, 11) is 2.17. The van der Waals surface area contributed by atoms with Crippen molar-refractivity contribution >= 4 is 22.8 Å². The van der Waals surface area contributed by atoms with Crippen molar-refractivity contribution in [2.45, 2.75) is 45.1 Å². The normalized spacial score (nSPS) is 19.7. The molecule has 1 N–H and O–H groups in total. The number of aromatic amines is 1. The number of H-pyrrole nitrogens is 1. The highest BCUT2D eigenvalue weighted by Gasteiger charge is 2.29. The van der Waals surface area contributed by atoms with E-state index in [9.17, 15) is 4.79 Å². The number of pyridine rings is 1. The van der Waals surface area contributed by atoms with E-state index < -0.39 is 5.60 Å². The fourth-order valence-electron chi connectivity index (χ4n) is 4.29. The molecule has 158 valence electrons. The lowest BCUT2D eigenvalue weighted by Gasteiger charge is -2.34. The largest absolute Gasteiger partial charge is 0.444 e. The number of ether oxygens (including phenoxy) is 1. The summed E-state index contributed by atoms with van der Waals surface area (Å²) in [5.74, 6) is 0.437. The maximum absolute atomic E-state index is 12.3. The number of aromatic nitrogens is 2. The van der Waals surface area contributed by atoms with Crippen LogP contribution in [0.1, 0.15) is 45.1 Å². The summed E-state index contributed by atoms with van der Waals surface area (Å²) in [5.41, 5.74) is 3.04. The second-order valence-electron chi connectivity index (χ2n) is 9.37. The van der Waals surface area contributed by atoms with Gasteiger partial charge in [-0.25, -0.2) is 9.78 Å². The van der Waals surface area contributed by atoms with Gasteiger partial charge in [0.1, 0.15) is 11.2 Å². The highest BCUT2D eigenvalue weighted by atomic mass is 16.6. The second kappa shape index (κ2) is 7.86. The van der Waals surface area contributed by atoms with Gasteiger partial charge in [0.2, 0.25) is 0 Å². The molecule has 4 heterocycles. The number of nitrogens with one attached hydrogen (secondary N) is 1. The van der Waals surface area contributed by atoms with Gasteiger partial charge in [-0.1, -0.05) is 0 Å². The first-order valence-corrected chi connectivity index (χ1v) is 10.7. The third-order valence-corrected chi connectivity index (χ3v) is 6.00. The van der Waals surface area contributed by atoms with Gasteiger partial charge in [0.15, 0.2) is 0 Å². The number of fused-ring (bicyclic) bond motifs is 1. The summed E-state index contributed by atoms with van der Waals surface area (Å²) in [4.78, 5) is 27.0. The van der Waals surface area contributed by atoms with Crippen LogP contribution in [0, 0.1) is 0 Å². The second-order valence-corrected chi connectivity index (χ2v) is 9.37. The maximum atomic E-state index is 12.3. The Hall–Kier alpha value is -2.28. The molecule has 0 atom stereocenters. The molecule has 0 unspecified atom stereocenters. The minimum Gasteiger partial charge on any atom is -0.444 e. The molecule has 2 saturated heterocycles. The minimum atomic E-state index is -0.448. The Morgan fingerprint density at radius 3 is 2.48 bits per heavy atom. The molecule has 0 bridgehead atoms. The summed E-state index contributed by atoms with van der Waals surface area (Å²) >= 11 is 0. The molecule has 0 aromatic carbocycles. The smallest absolute Gasteiger partial charge is 0.410 e. The number of carbonyl (C=O) groups excluding carboxylic acids is 1. The fourth-order valence-corrected chi connectivity index (χ4v) is 4.29. The average Bonchev–Trinajstić information content (AvgIpc) is 3.10. The van der Waals surface area contributed by atoms with Gasteiger partial charge in [-0.15, -0.1) is 0 Å². The van der Waals surface area contributed by atoms with Gasteiger partial charge in [0.05, 0.1) is 11.9 Å². The Balaban J connectivity index is 1.46. The van der Waals surface area contributed by atoms with Gasteiger partial charge in [0.25, 0.3) is 0 Å². The molecule has 2 aliphatic rings. The van der Waals surface area contributed by atoms with Crippen molar-refractivity contribution in [1.82, 2.24) is 19.8 Å². The number of hydrogen-bond acceptors (Lipinski definition) is 5. The molecule has 1 amide bonds. The first kappa shape index (κ1) is 20.0. The van der Waals surface area contributed by atoms with Crippen LogP contribution in [0.4, 0.5) is 10.5 Å². The van der Waals surface area contributed by atoms with Crippen LogP contribution in [0.5, 0.6) is 0 Å². The Kier molecular flexibility index (Phi) is 5.42. The molecule has 29 heavy (non-hydrogen) atoms. The van der Waals surface area contributed by atoms with E-state index in [1.165, 1.54) is 16.6 Å². The summed E-state index contributed by atoms with van der Waals surface area (Å²) in [6.45, 7) is 11.4. The number of hydrogen-bond donors (Lipinski definition) is 1. The quantitative estimate of drug-likeness (QED) is 0.838. The Morgan fingerprint density at radius 2 is 1.83 bits per heavy atom. The van der Waals surface area contributed by atoms with Crippen molar-refractivity contribution in [3.8, 4) is 0 Å². The topological polar surface area (TPSA) is 64.7 Å². The van der Waals surface area contributed by atoms with E-state index in [4.69, 9.17) is 4.74 Å². The number of rotatable bonds is 2. The molecule has 0 aliphatic carbocycles. The molecular formula is C22H33N5O2. The molecule has 0 spiro atoms.